The molecule has 0 amide bonds. The van der Waals surface area contributed by atoms with Gasteiger partial charge in [0.15, 0.2) is 0 Å². The molecule has 1 unspecified atom stereocenters. The van der Waals surface area contributed by atoms with E-state index >= 15 is 0 Å². The van der Waals surface area contributed by atoms with E-state index in [0.717, 1.165) is 0 Å². The van der Waals surface area contributed by atoms with Crippen molar-refractivity contribution in [2.45, 2.75) is 18.9 Å². The lowest BCUT2D eigenvalue weighted by molar-refractivity contribution is -0.128. The van der Waals surface area contributed by atoms with E-state index in [0.29, 0.717) is 19.5 Å². The first-order valence-electron chi connectivity index (χ1n) is 3.42. The van der Waals surface area contributed by atoms with E-state index in [-0.39, 0.29) is 5.54 Å². The van der Waals surface area contributed by atoms with Gasteiger partial charge in [0.05, 0.1) is 6.61 Å². The summed E-state index contributed by atoms with van der Waals surface area (Å²) in [6, 6.07) is 0. The second-order valence-electron chi connectivity index (χ2n) is 2.61. The third kappa shape index (κ3) is 2.14. The second-order valence-corrected chi connectivity index (χ2v) is 2.61. The number of rotatable bonds is 4. The number of ether oxygens (including phenoxy) is 1. The van der Waals surface area contributed by atoms with Crippen molar-refractivity contribution in [3.8, 4) is 0 Å². The molecular formula is C7H10N2O2. The van der Waals surface area contributed by atoms with Crippen LogP contribution in [-0.2, 0) is 9.53 Å². The van der Waals surface area contributed by atoms with Gasteiger partial charge in [0.2, 0.25) is 0 Å². The standard InChI is InChI=1S/C7H10N2O2/c1-7(2-4-8-9-7)3-5-11-6-10/h2,4,6H,3,5H2,1H3. The zero-order valence-electron chi connectivity index (χ0n) is 6.36. The molecule has 0 bridgehead atoms. The maximum atomic E-state index is 9.79. The lowest BCUT2D eigenvalue weighted by atomic mass is 10.0. The number of nitrogens with zero attached hydrogens (tertiary/aromatic N) is 2. The van der Waals surface area contributed by atoms with Gasteiger partial charge in [0, 0.05) is 12.6 Å². The highest BCUT2D eigenvalue weighted by molar-refractivity contribution is 5.36. The summed E-state index contributed by atoms with van der Waals surface area (Å²) in [5.74, 6) is 0. The summed E-state index contributed by atoms with van der Waals surface area (Å²) in [6.07, 6.45) is 4.23. The summed E-state index contributed by atoms with van der Waals surface area (Å²) in [7, 11) is 0. The first-order chi connectivity index (χ1) is 5.27. The van der Waals surface area contributed by atoms with E-state index in [2.05, 4.69) is 15.0 Å². The van der Waals surface area contributed by atoms with Crippen LogP contribution in [0.1, 0.15) is 13.3 Å². The summed E-state index contributed by atoms with van der Waals surface area (Å²) < 4.78 is 4.54. The van der Waals surface area contributed by atoms with Gasteiger partial charge in [0.25, 0.3) is 6.47 Å². The van der Waals surface area contributed by atoms with E-state index in [1.807, 2.05) is 13.0 Å². The molecule has 60 valence electrons. The minimum atomic E-state index is -0.261. The quantitative estimate of drug-likeness (QED) is 0.452. The van der Waals surface area contributed by atoms with Gasteiger partial charge >= 0.3 is 0 Å². The Morgan fingerprint density at radius 1 is 1.73 bits per heavy atom. The normalized spacial score (nSPS) is 27.4. The van der Waals surface area contributed by atoms with Crippen LogP contribution in [0.4, 0.5) is 0 Å². The van der Waals surface area contributed by atoms with E-state index in [1.165, 1.54) is 0 Å². The van der Waals surface area contributed by atoms with Crippen LogP contribution >= 0.6 is 0 Å². The fraction of sp³-hybridized carbons (Fsp3) is 0.571. The molecule has 1 aliphatic rings. The minimum absolute atomic E-state index is 0.261. The van der Waals surface area contributed by atoms with Crippen LogP contribution in [-0.4, -0.2) is 18.6 Å². The summed E-state index contributed by atoms with van der Waals surface area (Å²) in [4.78, 5) is 9.79. The fourth-order valence-corrected chi connectivity index (χ4v) is 0.839. The average Bonchev–Trinajstić information content (AvgIpc) is 2.38. The Hall–Kier alpha value is -1.19. The largest absolute Gasteiger partial charge is 0.468 e. The molecular weight excluding hydrogens is 144 g/mol. The molecule has 1 heterocycles. The fourth-order valence-electron chi connectivity index (χ4n) is 0.839. The highest BCUT2D eigenvalue weighted by atomic mass is 16.5. The highest BCUT2D eigenvalue weighted by Crippen LogP contribution is 2.22. The van der Waals surface area contributed by atoms with Crippen LogP contribution in [0.3, 0.4) is 0 Å². The number of hydrogen-bond donors (Lipinski definition) is 0. The maximum absolute atomic E-state index is 9.79. The Balaban J connectivity index is 2.30. The van der Waals surface area contributed by atoms with Crippen LogP contribution in [0.2, 0.25) is 0 Å². The molecule has 0 aliphatic carbocycles. The van der Waals surface area contributed by atoms with Crippen LogP contribution in [0.25, 0.3) is 0 Å². The van der Waals surface area contributed by atoms with Crippen molar-refractivity contribution in [1.29, 1.82) is 0 Å². The molecule has 1 rings (SSSR count). The zero-order valence-corrected chi connectivity index (χ0v) is 6.36. The lowest BCUT2D eigenvalue weighted by Crippen LogP contribution is -2.18. The summed E-state index contributed by atoms with van der Waals surface area (Å²) >= 11 is 0. The second kappa shape index (κ2) is 3.27. The van der Waals surface area contributed by atoms with Crippen molar-refractivity contribution in [3.63, 3.8) is 0 Å². The number of azo groups is 1. The maximum Gasteiger partial charge on any atom is 0.293 e. The van der Waals surface area contributed by atoms with Gasteiger partial charge in [-0.15, -0.1) is 0 Å². The molecule has 0 aromatic heterocycles. The van der Waals surface area contributed by atoms with Gasteiger partial charge in [0.1, 0.15) is 5.54 Å². The van der Waals surface area contributed by atoms with Gasteiger partial charge in [-0.05, 0) is 13.0 Å². The minimum Gasteiger partial charge on any atom is -0.468 e. The molecule has 4 heteroatoms. The SMILES string of the molecule is CC1(CCOC=O)C=CN=N1. The van der Waals surface area contributed by atoms with Crippen molar-refractivity contribution in [2.24, 2.45) is 10.2 Å². The Morgan fingerprint density at radius 2 is 2.55 bits per heavy atom. The van der Waals surface area contributed by atoms with E-state index in [1.54, 1.807) is 6.20 Å². The van der Waals surface area contributed by atoms with Crippen LogP contribution in [0.15, 0.2) is 22.5 Å². The Kier molecular flexibility index (Phi) is 2.36. The van der Waals surface area contributed by atoms with Crippen molar-refractivity contribution in [1.82, 2.24) is 0 Å². The zero-order chi connectivity index (χ0) is 8.16. The monoisotopic (exact) mass is 154 g/mol. The van der Waals surface area contributed by atoms with Gasteiger partial charge in [-0.2, -0.15) is 10.2 Å². The first kappa shape index (κ1) is 7.91. The molecule has 4 nitrogen and oxygen atoms in total. The molecule has 0 aromatic rings. The van der Waals surface area contributed by atoms with Crippen molar-refractivity contribution in [3.05, 3.63) is 12.3 Å². The Labute approximate surface area is 65.0 Å². The molecule has 0 saturated heterocycles. The van der Waals surface area contributed by atoms with Crippen LogP contribution in [0.5, 0.6) is 0 Å². The molecule has 0 saturated carbocycles. The van der Waals surface area contributed by atoms with E-state index in [9.17, 15) is 4.79 Å². The summed E-state index contributed by atoms with van der Waals surface area (Å²) in [5.41, 5.74) is -0.261. The average molecular weight is 154 g/mol. The summed E-state index contributed by atoms with van der Waals surface area (Å²) in [6.45, 7) is 2.77. The van der Waals surface area contributed by atoms with E-state index < -0.39 is 0 Å². The third-order valence-electron chi connectivity index (χ3n) is 1.58. The number of hydrogen-bond acceptors (Lipinski definition) is 4. The molecule has 1 aliphatic heterocycles. The van der Waals surface area contributed by atoms with Crippen molar-refractivity contribution >= 4 is 6.47 Å². The topological polar surface area (TPSA) is 51.0 Å². The molecule has 0 radical (unpaired) electrons. The molecule has 0 aromatic carbocycles. The Bertz CT molecular complexity index is 187. The van der Waals surface area contributed by atoms with E-state index in [4.69, 9.17) is 0 Å². The van der Waals surface area contributed by atoms with Gasteiger partial charge in [-0.1, -0.05) is 0 Å². The molecule has 0 fully saturated rings. The molecule has 1 atom stereocenters. The van der Waals surface area contributed by atoms with Gasteiger partial charge < -0.3 is 4.74 Å². The van der Waals surface area contributed by atoms with Crippen LogP contribution < -0.4 is 0 Å². The van der Waals surface area contributed by atoms with Crippen molar-refractivity contribution < 1.29 is 9.53 Å². The number of carbonyl (C=O) groups is 1. The summed E-state index contributed by atoms with van der Waals surface area (Å²) in [5, 5.41) is 7.67. The molecule has 11 heavy (non-hydrogen) atoms. The van der Waals surface area contributed by atoms with Gasteiger partial charge in [-0.3, -0.25) is 4.79 Å². The predicted molar refractivity (Wildman–Crippen MR) is 39.0 cm³/mol. The third-order valence-corrected chi connectivity index (χ3v) is 1.58. The molecule has 0 spiro atoms. The van der Waals surface area contributed by atoms with Crippen LogP contribution in [0, 0.1) is 0 Å². The predicted octanol–water partition coefficient (Wildman–Crippen LogP) is 1.29. The smallest absolute Gasteiger partial charge is 0.293 e. The van der Waals surface area contributed by atoms with Crippen molar-refractivity contribution in [2.75, 3.05) is 6.61 Å². The molecule has 0 N–H and O–H groups in total. The van der Waals surface area contributed by atoms with Gasteiger partial charge in [-0.25, -0.2) is 0 Å². The number of carbonyl (C=O) groups excluding carboxylic acids is 1. The first-order valence-corrected chi connectivity index (χ1v) is 3.42. The highest BCUT2D eigenvalue weighted by Gasteiger charge is 2.22. The lowest BCUT2D eigenvalue weighted by Gasteiger charge is -2.14. The Morgan fingerprint density at radius 3 is 3.09 bits per heavy atom.